The Bertz CT molecular complexity index is 1130. The normalized spacial score (nSPS) is 11.7. The number of fused-ring (bicyclic) bond motifs is 5. The van der Waals surface area contributed by atoms with Crippen molar-refractivity contribution in [3.8, 4) is 0 Å². The Morgan fingerprint density at radius 1 is 0.607 bits per heavy atom. The molecule has 0 amide bonds. The quantitative estimate of drug-likeness (QED) is 0.143. The summed E-state index contributed by atoms with van der Waals surface area (Å²) in [5.41, 5.74) is 3.16. The molecular formula is C27H26Hf. The Kier molecular flexibility index (Phi) is 7.55. The van der Waals surface area contributed by atoms with Gasteiger partial charge in [-0.3, -0.25) is 0 Å². The zero-order valence-electron chi connectivity index (χ0n) is 16.7. The van der Waals surface area contributed by atoms with Crippen molar-refractivity contribution in [3.63, 3.8) is 0 Å². The molecule has 6 rings (SSSR count). The second-order valence-corrected chi connectivity index (χ2v) is 6.94. The van der Waals surface area contributed by atoms with Crippen molar-refractivity contribution >= 4 is 32.3 Å². The number of hydrogen-bond acceptors (Lipinski definition) is 0. The van der Waals surface area contributed by atoms with Gasteiger partial charge in [0.1, 0.15) is 0 Å². The van der Waals surface area contributed by atoms with E-state index in [1.165, 1.54) is 51.6 Å². The summed E-state index contributed by atoms with van der Waals surface area (Å²) in [5, 5.41) is 8.19. The van der Waals surface area contributed by atoms with Crippen LogP contribution in [-0.4, -0.2) is 0 Å². The van der Waals surface area contributed by atoms with E-state index in [1.54, 1.807) is 11.1 Å². The summed E-state index contributed by atoms with van der Waals surface area (Å²) in [7, 11) is 0. The van der Waals surface area contributed by atoms with Gasteiger partial charge in [-0.25, -0.2) is 0 Å². The molecule has 0 fully saturated rings. The molecule has 1 aliphatic rings. The van der Waals surface area contributed by atoms with E-state index in [9.17, 15) is 0 Å². The predicted octanol–water partition coefficient (Wildman–Crippen LogP) is 7.66. The van der Waals surface area contributed by atoms with Gasteiger partial charge >= 0.3 is 25.8 Å². The maximum Gasteiger partial charge on any atom is 4.00 e. The summed E-state index contributed by atoms with van der Waals surface area (Å²) in [5.74, 6) is 0. The zero-order chi connectivity index (χ0) is 16.6. The molecule has 0 spiro atoms. The molecule has 0 saturated carbocycles. The van der Waals surface area contributed by atoms with Crippen molar-refractivity contribution in [2.24, 2.45) is 0 Å². The predicted molar refractivity (Wildman–Crippen MR) is 121 cm³/mol. The molecule has 5 aromatic rings. The van der Waals surface area contributed by atoms with Crippen molar-refractivity contribution in [2.45, 2.75) is 19.3 Å². The van der Waals surface area contributed by atoms with Crippen LogP contribution in [-0.2, 0) is 38.7 Å². The van der Waals surface area contributed by atoms with Gasteiger partial charge in [0.25, 0.3) is 0 Å². The summed E-state index contributed by atoms with van der Waals surface area (Å²) >= 11 is 0. The van der Waals surface area contributed by atoms with E-state index in [0.29, 0.717) is 0 Å². The number of benzene rings is 3. The first kappa shape index (κ1) is 22.3. The molecule has 0 radical (unpaired) electrons. The second kappa shape index (κ2) is 9.47. The van der Waals surface area contributed by atoms with Gasteiger partial charge in [-0.2, -0.15) is 24.3 Å². The monoisotopic (exact) mass is 530 g/mol. The molecule has 138 valence electrons. The first-order chi connectivity index (χ1) is 12.4. The zero-order valence-corrected chi connectivity index (χ0v) is 20.3. The average molecular weight is 529 g/mol. The van der Waals surface area contributed by atoms with Crippen molar-refractivity contribution in [1.29, 1.82) is 0 Å². The minimum atomic E-state index is 0. The summed E-state index contributed by atoms with van der Waals surface area (Å²) in [6.45, 7) is 0. The average Bonchev–Trinajstić information content (AvgIpc) is 3.39. The third kappa shape index (κ3) is 4.05. The molecule has 0 aliphatic heterocycles. The van der Waals surface area contributed by atoms with Crippen LogP contribution in [0.1, 0.15) is 17.5 Å². The van der Waals surface area contributed by atoms with Crippen molar-refractivity contribution in [2.75, 3.05) is 0 Å². The van der Waals surface area contributed by atoms with Crippen LogP contribution in [0.15, 0.2) is 84.9 Å². The van der Waals surface area contributed by atoms with Gasteiger partial charge in [0.05, 0.1) is 0 Å². The van der Waals surface area contributed by atoms with Crippen LogP contribution < -0.4 is 0 Å². The Morgan fingerprint density at radius 3 is 2.18 bits per heavy atom. The molecule has 0 nitrogen and oxygen atoms in total. The van der Waals surface area contributed by atoms with Gasteiger partial charge in [0.15, 0.2) is 0 Å². The van der Waals surface area contributed by atoms with Crippen LogP contribution in [0.2, 0.25) is 0 Å². The summed E-state index contributed by atoms with van der Waals surface area (Å²) in [6, 6.07) is 30.6. The first-order valence-corrected chi connectivity index (χ1v) is 9.09. The van der Waals surface area contributed by atoms with Crippen molar-refractivity contribution in [1.82, 2.24) is 0 Å². The van der Waals surface area contributed by atoms with Gasteiger partial charge in [-0.15, -0.1) is 51.9 Å². The maximum atomic E-state index is 2.36. The van der Waals surface area contributed by atoms with Gasteiger partial charge in [-0.1, -0.05) is 46.8 Å². The molecule has 0 atom stereocenters. The molecule has 5 aromatic carbocycles. The van der Waals surface area contributed by atoms with Crippen LogP contribution in [0.25, 0.3) is 32.3 Å². The van der Waals surface area contributed by atoms with E-state index in [0.717, 1.165) is 0 Å². The molecule has 0 saturated heterocycles. The third-order valence-corrected chi connectivity index (χ3v) is 5.39. The van der Waals surface area contributed by atoms with Gasteiger partial charge in [0.2, 0.25) is 0 Å². The summed E-state index contributed by atoms with van der Waals surface area (Å²) < 4.78 is 0. The minimum absolute atomic E-state index is 0. The minimum Gasteiger partial charge on any atom is -0.358 e. The molecule has 0 unspecified atom stereocenters. The van der Waals surface area contributed by atoms with Crippen molar-refractivity contribution < 1.29 is 25.8 Å². The number of hydrogen-bond donors (Lipinski definition) is 0. The van der Waals surface area contributed by atoms with Gasteiger partial charge in [-0.05, 0) is 24.6 Å². The fourth-order valence-electron chi connectivity index (χ4n) is 4.10. The van der Waals surface area contributed by atoms with Crippen LogP contribution in [0, 0.1) is 14.9 Å². The van der Waals surface area contributed by atoms with Gasteiger partial charge < -0.3 is 14.9 Å². The van der Waals surface area contributed by atoms with E-state index >= 15 is 0 Å². The van der Waals surface area contributed by atoms with Crippen LogP contribution >= 0.6 is 0 Å². The van der Waals surface area contributed by atoms with E-state index < -0.39 is 0 Å². The molecule has 28 heavy (non-hydrogen) atoms. The van der Waals surface area contributed by atoms with Gasteiger partial charge in [0, 0.05) is 0 Å². The molecule has 0 heterocycles. The molecule has 0 N–H and O–H groups in total. The van der Waals surface area contributed by atoms with E-state index in [-0.39, 0.29) is 40.7 Å². The second-order valence-electron chi connectivity index (χ2n) is 6.94. The van der Waals surface area contributed by atoms with Crippen LogP contribution in [0.4, 0.5) is 0 Å². The largest absolute Gasteiger partial charge is 4.00 e. The standard InChI is InChI=1S/C13H9.C12H11.2CH3.Hf/c1-2-6-12-10(4-1)8-9-11-5-3-7-13(11)12;1-3-9-7-11-5-2-6-12(11)8-10(9)4-1;;;/h1-9H;1,3-4,7-8H,2,5-6H2;2*1H3;/q4*-1;+4. The Morgan fingerprint density at radius 2 is 1.32 bits per heavy atom. The molecular weight excluding hydrogens is 503 g/mol. The van der Waals surface area contributed by atoms with E-state index in [2.05, 4.69) is 84.9 Å². The molecule has 0 bridgehead atoms. The Balaban J connectivity index is 0.000000181. The maximum absolute atomic E-state index is 2.36. The van der Waals surface area contributed by atoms with Crippen LogP contribution in [0.3, 0.4) is 0 Å². The summed E-state index contributed by atoms with van der Waals surface area (Å²) in [6.07, 6.45) is 3.93. The van der Waals surface area contributed by atoms with E-state index in [1.807, 2.05) is 0 Å². The van der Waals surface area contributed by atoms with Crippen LogP contribution in [0.5, 0.6) is 0 Å². The fourth-order valence-corrected chi connectivity index (χ4v) is 4.10. The SMILES string of the molecule is [CH3-].[CH3-].[Hf+4].c1cc2cc3c(cc2[cH-]1)CCC3.c1ccc2c(c1)ccc1[cH-]ccc12. The first-order valence-electron chi connectivity index (χ1n) is 9.09. The summed E-state index contributed by atoms with van der Waals surface area (Å²) in [4.78, 5) is 0. The Labute approximate surface area is 187 Å². The fraction of sp³-hybridized carbons (Fsp3) is 0.111. The molecule has 1 heteroatoms. The third-order valence-electron chi connectivity index (χ3n) is 5.39. The topological polar surface area (TPSA) is 0 Å². The number of aryl methyl sites for hydroxylation is 2. The Hall–Kier alpha value is -1.99. The smallest absolute Gasteiger partial charge is 0.358 e. The molecule has 1 aliphatic carbocycles. The molecule has 0 aromatic heterocycles. The van der Waals surface area contributed by atoms with Crippen molar-refractivity contribution in [3.05, 3.63) is 111 Å². The number of rotatable bonds is 0. The van der Waals surface area contributed by atoms with E-state index in [4.69, 9.17) is 0 Å².